The Morgan fingerprint density at radius 1 is 1.12 bits per heavy atom. The summed E-state index contributed by atoms with van der Waals surface area (Å²) in [5.74, 6) is -1.22. The molecule has 2 saturated heterocycles. The van der Waals surface area contributed by atoms with Crippen molar-refractivity contribution in [2.75, 3.05) is 26.2 Å². The predicted octanol–water partition coefficient (Wildman–Crippen LogP) is 2.13. The van der Waals surface area contributed by atoms with Gasteiger partial charge in [-0.1, -0.05) is 24.1 Å². The molecule has 1 aliphatic carbocycles. The van der Waals surface area contributed by atoms with E-state index in [2.05, 4.69) is 0 Å². The Kier molecular flexibility index (Phi) is 4.18. The molecule has 0 spiro atoms. The molecule has 7 heteroatoms. The molecule has 0 bridgehead atoms. The number of nitrogens with zero attached hydrogens (tertiary/aromatic N) is 2. The van der Waals surface area contributed by atoms with E-state index in [0.717, 1.165) is 19.3 Å². The number of fused-ring (bicyclic) bond motifs is 1. The Morgan fingerprint density at radius 2 is 1.81 bits per heavy atom. The number of carboxylic acid groups (broad SMARTS) is 1. The number of aliphatic carboxylic acids is 1. The molecule has 1 saturated carbocycles. The maximum Gasteiger partial charge on any atom is 0.313 e. The van der Waals surface area contributed by atoms with Crippen LogP contribution in [-0.4, -0.2) is 58.9 Å². The summed E-state index contributed by atoms with van der Waals surface area (Å²) in [6.45, 7) is 1.10. The van der Waals surface area contributed by atoms with Crippen LogP contribution in [0, 0.1) is 17.3 Å². The van der Waals surface area contributed by atoms with Gasteiger partial charge in [0, 0.05) is 48.6 Å². The normalized spacial score (nSPS) is 28.0. The maximum absolute atomic E-state index is 12.8. The molecular weight excluding hydrogens is 356 g/mol. The van der Waals surface area contributed by atoms with Crippen LogP contribution in [0.25, 0.3) is 0 Å². The zero-order valence-corrected chi connectivity index (χ0v) is 15.1. The molecule has 2 amide bonds. The molecule has 4 rings (SSSR count). The first-order valence-corrected chi connectivity index (χ1v) is 9.35. The van der Waals surface area contributed by atoms with E-state index in [-0.39, 0.29) is 36.7 Å². The van der Waals surface area contributed by atoms with Gasteiger partial charge in [-0.3, -0.25) is 14.4 Å². The van der Waals surface area contributed by atoms with Crippen molar-refractivity contribution in [1.29, 1.82) is 0 Å². The lowest BCUT2D eigenvalue weighted by atomic mass is 9.81. The number of carboxylic acids is 1. The minimum absolute atomic E-state index is 0.0591. The molecule has 0 unspecified atom stereocenters. The Labute approximate surface area is 156 Å². The highest BCUT2D eigenvalue weighted by Crippen LogP contribution is 2.44. The van der Waals surface area contributed by atoms with Crippen molar-refractivity contribution in [2.45, 2.75) is 19.3 Å². The first-order valence-electron chi connectivity index (χ1n) is 8.98. The van der Waals surface area contributed by atoms with Crippen molar-refractivity contribution in [3.8, 4) is 0 Å². The van der Waals surface area contributed by atoms with E-state index in [1.54, 1.807) is 34.1 Å². The minimum Gasteiger partial charge on any atom is -0.481 e. The highest BCUT2D eigenvalue weighted by Gasteiger charge is 2.59. The van der Waals surface area contributed by atoms with Crippen molar-refractivity contribution in [3.05, 3.63) is 34.9 Å². The lowest BCUT2D eigenvalue weighted by molar-refractivity contribution is -0.149. The molecule has 1 aromatic rings. The van der Waals surface area contributed by atoms with Gasteiger partial charge < -0.3 is 14.9 Å². The second-order valence-electron chi connectivity index (χ2n) is 7.70. The van der Waals surface area contributed by atoms with Crippen LogP contribution in [0.15, 0.2) is 24.3 Å². The molecule has 1 N–H and O–H groups in total. The van der Waals surface area contributed by atoms with Gasteiger partial charge in [-0.2, -0.15) is 0 Å². The van der Waals surface area contributed by atoms with Crippen LogP contribution in [0.2, 0.25) is 5.02 Å². The first kappa shape index (κ1) is 17.3. The summed E-state index contributed by atoms with van der Waals surface area (Å²) in [5.41, 5.74) is -0.603. The van der Waals surface area contributed by atoms with Crippen LogP contribution >= 0.6 is 11.6 Å². The molecule has 3 aliphatic rings. The fourth-order valence-electron chi connectivity index (χ4n) is 4.41. The van der Waals surface area contributed by atoms with Crippen LogP contribution in [0.1, 0.15) is 29.6 Å². The van der Waals surface area contributed by atoms with E-state index in [4.69, 9.17) is 11.6 Å². The number of benzene rings is 1. The Hall–Kier alpha value is -2.08. The van der Waals surface area contributed by atoms with Gasteiger partial charge in [0.25, 0.3) is 5.91 Å². The largest absolute Gasteiger partial charge is 0.481 e. The molecule has 2 atom stereocenters. The number of hydrogen-bond donors (Lipinski definition) is 1. The van der Waals surface area contributed by atoms with Crippen molar-refractivity contribution < 1.29 is 19.5 Å². The maximum atomic E-state index is 12.8. The summed E-state index contributed by atoms with van der Waals surface area (Å²) in [6.07, 6.45) is 2.87. The standard InChI is InChI=1S/C19H21ClN2O4/c20-15-6-2-5-13(7-15)17(24)22-9-14-8-21(16(23)12-3-1-4-12)10-19(14,11-22)18(25)26/h2,5-7,12,14H,1,3-4,8-11H2,(H,25,26)/t14-,19-/m1/s1. The number of amides is 2. The number of rotatable bonds is 3. The third kappa shape index (κ3) is 2.67. The van der Waals surface area contributed by atoms with E-state index in [0.29, 0.717) is 23.7 Å². The summed E-state index contributed by atoms with van der Waals surface area (Å²) < 4.78 is 0. The van der Waals surface area contributed by atoms with Gasteiger partial charge in [0.05, 0.1) is 0 Å². The van der Waals surface area contributed by atoms with Crippen molar-refractivity contribution in [1.82, 2.24) is 9.80 Å². The van der Waals surface area contributed by atoms with Gasteiger partial charge in [-0.25, -0.2) is 0 Å². The summed E-state index contributed by atoms with van der Waals surface area (Å²) in [7, 11) is 0. The van der Waals surface area contributed by atoms with Crippen molar-refractivity contribution >= 4 is 29.4 Å². The van der Waals surface area contributed by atoms with Gasteiger partial charge in [0.2, 0.25) is 5.91 Å². The molecule has 0 radical (unpaired) electrons. The number of likely N-dealkylation sites (tertiary alicyclic amines) is 2. The van der Waals surface area contributed by atoms with Crippen LogP contribution in [0.4, 0.5) is 0 Å². The van der Waals surface area contributed by atoms with Gasteiger partial charge in [-0.05, 0) is 31.0 Å². The minimum atomic E-state index is -1.06. The van der Waals surface area contributed by atoms with Crippen LogP contribution in [0.3, 0.4) is 0 Å². The molecule has 138 valence electrons. The average Bonchev–Trinajstić information content (AvgIpc) is 3.07. The number of hydrogen-bond acceptors (Lipinski definition) is 3. The van der Waals surface area contributed by atoms with Crippen LogP contribution in [0.5, 0.6) is 0 Å². The van der Waals surface area contributed by atoms with Gasteiger partial charge in [-0.15, -0.1) is 0 Å². The molecule has 1 aromatic carbocycles. The fourth-order valence-corrected chi connectivity index (χ4v) is 4.60. The smallest absolute Gasteiger partial charge is 0.313 e. The predicted molar refractivity (Wildman–Crippen MR) is 94.8 cm³/mol. The summed E-state index contributed by atoms with van der Waals surface area (Å²) in [6, 6.07) is 6.68. The molecule has 2 aliphatic heterocycles. The second kappa shape index (κ2) is 6.27. The summed E-state index contributed by atoms with van der Waals surface area (Å²) in [5, 5.41) is 10.4. The van der Waals surface area contributed by atoms with E-state index in [9.17, 15) is 19.5 Å². The molecule has 0 aromatic heterocycles. The molecule has 6 nitrogen and oxygen atoms in total. The topological polar surface area (TPSA) is 77.9 Å². The van der Waals surface area contributed by atoms with Gasteiger partial charge >= 0.3 is 5.97 Å². The molecule has 3 fully saturated rings. The van der Waals surface area contributed by atoms with Crippen LogP contribution in [-0.2, 0) is 9.59 Å². The summed E-state index contributed by atoms with van der Waals surface area (Å²) >= 11 is 5.96. The second-order valence-corrected chi connectivity index (χ2v) is 8.14. The fraction of sp³-hybridized carbons (Fsp3) is 0.526. The van der Waals surface area contributed by atoms with Crippen molar-refractivity contribution in [3.63, 3.8) is 0 Å². The SMILES string of the molecule is O=C(c1cccc(Cl)c1)N1C[C@H]2CN(C(=O)C3CCC3)C[C@@]2(C(=O)O)C1. The highest BCUT2D eigenvalue weighted by atomic mass is 35.5. The van der Waals surface area contributed by atoms with Crippen molar-refractivity contribution in [2.24, 2.45) is 17.3 Å². The van der Waals surface area contributed by atoms with E-state index < -0.39 is 11.4 Å². The van der Waals surface area contributed by atoms with E-state index >= 15 is 0 Å². The zero-order valence-electron chi connectivity index (χ0n) is 14.4. The Morgan fingerprint density at radius 3 is 2.38 bits per heavy atom. The van der Waals surface area contributed by atoms with Crippen LogP contribution < -0.4 is 0 Å². The van der Waals surface area contributed by atoms with Gasteiger partial charge in [0.1, 0.15) is 5.41 Å². The first-order chi connectivity index (χ1) is 12.4. The lowest BCUT2D eigenvalue weighted by Gasteiger charge is -2.31. The Bertz CT molecular complexity index is 779. The third-order valence-corrected chi connectivity index (χ3v) is 6.39. The van der Waals surface area contributed by atoms with E-state index in [1.807, 2.05) is 0 Å². The number of carbonyl (C=O) groups excluding carboxylic acids is 2. The van der Waals surface area contributed by atoms with Gasteiger partial charge in [0.15, 0.2) is 0 Å². The Balaban J connectivity index is 1.52. The number of carbonyl (C=O) groups is 3. The molecule has 26 heavy (non-hydrogen) atoms. The molecule has 2 heterocycles. The lowest BCUT2D eigenvalue weighted by Crippen LogP contribution is -2.44. The third-order valence-electron chi connectivity index (χ3n) is 6.16. The molecular formula is C19H21ClN2O4. The highest BCUT2D eigenvalue weighted by molar-refractivity contribution is 6.30. The average molecular weight is 377 g/mol. The summed E-state index contributed by atoms with van der Waals surface area (Å²) in [4.78, 5) is 40.7. The monoisotopic (exact) mass is 376 g/mol. The van der Waals surface area contributed by atoms with E-state index in [1.165, 1.54) is 0 Å². The number of halogens is 1. The zero-order chi connectivity index (χ0) is 18.5. The quantitative estimate of drug-likeness (QED) is 0.876.